The van der Waals surface area contributed by atoms with Crippen molar-refractivity contribution in [1.82, 2.24) is 10.3 Å². The zero-order valence-corrected chi connectivity index (χ0v) is 9.58. The lowest BCUT2D eigenvalue weighted by Gasteiger charge is -2.10. The summed E-state index contributed by atoms with van der Waals surface area (Å²) >= 11 is 1.28. The third-order valence-corrected chi connectivity index (χ3v) is 2.84. The Morgan fingerprint density at radius 1 is 1.69 bits per heavy atom. The average molecular weight is 243 g/mol. The molecule has 0 spiro atoms. The molecule has 88 valence electrons. The minimum atomic E-state index is -1.05. The first-order valence-corrected chi connectivity index (χ1v) is 5.64. The number of carboxylic acids is 1. The van der Waals surface area contributed by atoms with E-state index in [0.717, 1.165) is 0 Å². The quantitative estimate of drug-likeness (QED) is 0.684. The van der Waals surface area contributed by atoms with Crippen molar-refractivity contribution >= 4 is 23.2 Å². The Bertz CT molecular complexity index is 391. The van der Waals surface area contributed by atoms with Crippen molar-refractivity contribution in [3.8, 4) is 0 Å². The summed E-state index contributed by atoms with van der Waals surface area (Å²) in [4.78, 5) is 26.2. The van der Waals surface area contributed by atoms with Crippen LogP contribution in [0.4, 0.5) is 0 Å². The van der Waals surface area contributed by atoms with Gasteiger partial charge in [0.25, 0.3) is 5.91 Å². The van der Waals surface area contributed by atoms with Crippen molar-refractivity contribution in [1.29, 1.82) is 0 Å². The lowest BCUT2D eigenvalue weighted by atomic mass is 10.2. The van der Waals surface area contributed by atoms with Crippen LogP contribution in [0.25, 0.3) is 0 Å². The molecule has 1 aromatic heterocycles. The first kappa shape index (κ1) is 12.6. The van der Waals surface area contributed by atoms with Gasteiger partial charge in [-0.2, -0.15) is 0 Å². The fourth-order valence-electron chi connectivity index (χ4n) is 1.08. The number of hydrogen-bond donors (Lipinski definition) is 3. The summed E-state index contributed by atoms with van der Waals surface area (Å²) in [5.74, 6) is -1.53. The van der Waals surface area contributed by atoms with Gasteiger partial charge in [0.2, 0.25) is 0 Å². The number of thiazole rings is 1. The van der Waals surface area contributed by atoms with E-state index < -0.39 is 17.9 Å². The van der Waals surface area contributed by atoms with Gasteiger partial charge in [-0.3, -0.25) is 4.79 Å². The molecule has 6 nitrogen and oxygen atoms in total. The summed E-state index contributed by atoms with van der Waals surface area (Å²) in [6.07, 6.45) is 0.328. The van der Waals surface area contributed by atoms with Crippen molar-refractivity contribution in [2.75, 3.05) is 0 Å². The summed E-state index contributed by atoms with van der Waals surface area (Å²) in [6.45, 7) is 1.96. The van der Waals surface area contributed by atoms with Crippen LogP contribution in [0.15, 0.2) is 5.38 Å². The largest absolute Gasteiger partial charge is 0.480 e. The van der Waals surface area contributed by atoms with Gasteiger partial charge in [0.05, 0.1) is 0 Å². The van der Waals surface area contributed by atoms with Gasteiger partial charge in [0.1, 0.15) is 16.7 Å². The van der Waals surface area contributed by atoms with Crippen molar-refractivity contribution in [3.05, 3.63) is 16.1 Å². The second-order valence-electron chi connectivity index (χ2n) is 3.10. The topological polar surface area (TPSA) is 105 Å². The minimum absolute atomic E-state index is 0.213. The highest BCUT2D eigenvalue weighted by Crippen LogP contribution is 2.09. The molecule has 0 unspecified atom stereocenters. The second kappa shape index (κ2) is 5.57. The molecule has 0 aliphatic heterocycles. The first-order chi connectivity index (χ1) is 7.58. The first-order valence-electron chi connectivity index (χ1n) is 4.76. The molecule has 1 aromatic rings. The Labute approximate surface area is 96.5 Å². The molecule has 1 amide bonds. The van der Waals surface area contributed by atoms with Crippen molar-refractivity contribution in [3.63, 3.8) is 0 Å². The maximum absolute atomic E-state index is 11.6. The number of amides is 1. The zero-order valence-electron chi connectivity index (χ0n) is 8.77. The second-order valence-corrected chi connectivity index (χ2v) is 4.05. The van der Waals surface area contributed by atoms with Crippen molar-refractivity contribution in [2.24, 2.45) is 5.73 Å². The van der Waals surface area contributed by atoms with Crippen LogP contribution >= 0.6 is 11.3 Å². The van der Waals surface area contributed by atoms with Gasteiger partial charge in [-0.25, -0.2) is 9.78 Å². The molecular weight excluding hydrogens is 230 g/mol. The average Bonchev–Trinajstić information content (AvgIpc) is 2.73. The van der Waals surface area contributed by atoms with Crippen LogP contribution in [0.1, 0.15) is 28.8 Å². The fourth-order valence-corrected chi connectivity index (χ4v) is 1.73. The summed E-state index contributed by atoms with van der Waals surface area (Å²) in [7, 11) is 0. The molecule has 1 atom stereocenters. The van der Waals surface area contributed by atoms with Gasteiger partial charge in [0, 0.05) is 11.9 Å². The number of hydrogen-bond acceptors (Lipinski definition) is 5. The van der Waals surface area contributed by atoms with Gasteiger partial charge in [-0.05, 0) is 6.42 Å². The van der Waals surface area contributed by atoms with Crippen molar-refractivity contribution < 1.29 is 14.7 Å². The lowest BCUT2D eigenvalue weighted by Crippen LogP contribution is -2.40. The number of rotatable bonds is 5. The lowest BCUT2D eigenvalue weighted by molar-refractivity contribution is -0.139. The van der Waals surface area contributed by atoms with Gasteiger partial charge in [-0.1, -0.05) is 6.92 Å². The van der Waals surface area contributed by atoms with Gasteiger partial charge in [0.15, 0.2) is 0 Å². The number of nitrogens with zero attached hydrogens (tertiary/aromatic N) is 1. The Hall–Kier alpha value is -1.47. The van der Waals surface area contributed by atoms with E-state index in [0.29, 0.717) is 11.4 Å². The molecule has 1 rings (SSSR count). The Kier molecular flexibility index (Phi) is 4.39. The molecule has 0 radical (unpaired) electrons. The van der Waals surface area contributed by atoms with E-state index in [1.54, 1.807) is 12.3 Å². The predicted molar refractivity (Wildman–Crippen MR) is 59.2 cm³/mol. The van der Waals surface area contributed by atoms with E-state index in [-0.39, 0.29) is 12.2 Å². The number of carbonyl (C=O) groups excluding carboxylic acids is 1. The van der Waals surface area contributed by atoms with Gasteiger partial charge >= 0.3 is 5.97 Å². The highest BCUT2D eigenvalue weighted by Gasteiger charge is 2.19. The molecule has 16 heavy (non-hydrogen) atoms. The summed E-state index contributed by atoms with van der Waals surface area (Å²) in [6, 6.07) is -0.879. The summed E-state index contributed by atoms with van der Waals surface area (Å²) in [5.41, 5.74) is 5.57. The van der Waals surface area contributed by atoms with Crippen LogP contribution in [0.2, 0.25) is 0 Å². The van der Waals surface area contributed by atoms with Crippen LogP contribution in [-0.2, 0) is 11.3 Å². The van der Waals surface area contributed by atoms with E-state index in [2.05, 4.69) is 10.3 Å². The van der Waals surface area contributed by atoms with Crippen LogP contribution in [0, 0.1) is 0 Å². The molecule has 7 heteroatoms. The van der Waals surface area contributed by atoms with Gasteiger partial charge < -0.3 is 16.2 Å². The maximum atomic E-state index is 11.6. The Balaban J connectivity index is 2.67. The SMILES string of the molecule is CC[C@@H](NC(=O)c1csc(CN)n1)C(=O)O. The minimum Gasteiger partial charge on any atom is -0.480 e. The van der Waals surface area contributed by atoms with E-state index in [1.165, 1.54) is 11.3 Å². The molecule has 0 aliphatic carbocycles. The number of nitrogens with two attached hydrogens (primary N) is 1. The normalized spacial score (nSPS) is 12.1. The van der Waals surface area contributed by atoms with E-state index in [9.17, 15) is 9.59 Å². The highest BCUT2D eigenvalue weighted by molar-refractivity contribution is 7.09. The monoisotopic (exact) mass is 243 g/mol. The molecule has 0 aromatic carbocycles. The highest BCUT2D eigenvalue weighted by atomic mass is 32.1. The molecule has 0 saturated carbocycles. The molecule has 0 bridgehead atoms. The maximum Gasteiger partial charge on any atom is 0.326 e. The van der Waals surface area contributed by atoms with E-state index >= 15 is 0 Å². The van der Waals surface area contributed by atoms with Gasteiger partial charge in [-0.15, -0.1) is 11.3 Å². The molecular formula is C9H13N3O3S. The Morgan fingerprint density at radius 3 is 2.81 bits per heavy atom. The van der Waals surface area contributed by atoms with Crippen LogP contribution in [0.5, 0.6) is 0 Å². The number of carboxylic acid groups (broad SMARTS) is 1. The molecule has 0 aliphatic rings. The van der Waals surface area contributed by atoms with Crippen LogP contribution < -0.4 is 11.1 Å². The van der Waals surface area contributed by atoms with Crippen LogP contribution in [-0.4, -0.2) is 28.0 Å². The number of aliphatic carboxylic acids is 1. The molecule has 0 fully saturated rings. The smallest absolute Gasteiger partial charge is 0.326 e. The summed E-state index contributed by atoms with van der Waals surface area (Å²) < 4.78 is 0. The Morgan fingerprint density at radius 2 is 2.38 bits per heavy atom. The van der Waals surface area contributed by atoms with Crippen LogP contribution in [0.3, 0.4) is 0 Å². The molecule has 1 heterocycles. The predicted octanol–water partition coefficient (Wildman–Crippen LogP) is 0.195. The molecule has 4 N–H and O–H groups in total. The van der Waals surface area contributed by atoms with E-state index in [1.807, 2.05) is 0 Å². The fraction of sp³-hybridized carbons (Fsp3) is 0.444. The molecule has 0 saturated heterocycles. The third kappa shape index (κ3) is 3.01. The zero-order chi connectivity index (χ0) is 12.1. The number of aromatic nitrogens is 1. The van der Waals surface area contributed by atoms with Crippen molar-refractivity contribution in [2.45, 2.75) is 25.9 Å². The number of carbonyl (C=O) groups is 2. The standard InChI is InChI=1S/C9H13N3O3S/c1-2-5(9(14)15)12-8(13)6-4-16-7(3-10)11-6/h4-5H,2-3,10H2,1H3,(H,12,13)(H,14,15)/t5-/m1/s1. The summed E-state index contributed by atoms with van der Waals surface area (Å²) in [5, 5.41) is 13.4. The number of nitrogens with one attached hydrogen (secondary N) is 1. The third-order valence-electron chi connectivity index (χ3n) is 1.97. The van der Waals surface area contributed by atoms with E-state index in [4.69, 9.17) is 10.8 Å².